The molecule has 0 bridgehead atoms. The minimum atomic E-state index is -0.616. The molecule has 146 valence electrons. The fourth-order valence-corrected chi connectivity index (χ4v) is 3.40. The number of nitrogens with one attached hydrogen (secondary N) is 1. The number of Topliss-reactive ketones (excluding diaryl/α,β-unsaturated/α-hetero) is 1. The van der Waals surface area contributed by atoms with E-state index in [0.717, 1.165) is 17.6 Å². The molecule has 1 N–H and O–H groups in total. The zero-order chi connectivity index (χ0) is 20.2. The second kappa shape index (κ2) is 8.32. The number of hydrogen-bond acceptors (Lipinski definition) is 3. The average Bonchev–Trinajstić information content (AvgIpc) is 3.38. The Morgan fingerprint density at radius 2 is 1.90 bits per heavy atom. The van der Waals surface area contributed by atoms with Crippen LogP contribution in [0.3, 0.4) is 0 Å². The zero-order valence-electron chi connectivity index (χ0n) is 15.6. The van der Waals surface area contributed by atoms with E-state index in [9.17, 15) is 9.59 Å². The maximum Gasteiger partial charge on any atom is 0.294 e. The highest BCUT2D eigenvalue weighted by Gasteiger charge is 2.24. The van der Waals surface area contributed by atoms with Gasteiger partial charge in [-0.15, -0.1) is 0 Å². The van der Waals surface area contributed by atoms with E-state index >= 15 is 0 Å². The molecular weight excluding hydrogens is 388 g/mol. The minimum Gasteiger partial charge on any atom is -0.349 e. The van der Waals surface area contributed by atoms with Crippen LogP contribution in [0.15, 0.2) is 73.4 Å². The summed E-state index contributed by atoms with van der Waals surface area (Å²) in [6, 6.07) is 14.8. The summed E-state index contributed by atoms with van der Waals surface area (Å²) in [5.41, 5.74) is 2.71. The molecular formula is C22H19ClN4O2. The number of halogens is 1. The second-order valence-electron chi connectivity index (χ2n) is 6.65. The summed E-state index contributed by atoms with van der Waals surface area (Å²) in [6.45, 7) is 1.13. The lowest BCUT2D eigenvalue weighted by Crippen LogP contribution is -2.33. The Hall–Kier alpha value is -3.38. The van der Waals surface area contributed by atoms with Crippen LogP contribution < -0.4 is 5.32 Å². The number of imidazole rings is 1. The van der Waals surface area contributed by atoms with Gasteiger partial charge in [-0.1, -0.05) is 29.8 Å². The van der Waals surface area contributed by atoms with Crippen molar-refractivity contribution < 1.29 is 9.59 Å². The van der Waals surface area contributed by atoms with Gasteiger partial charge in [0, 0.05) is 47.8 Å². The molecule has 0 radical (unpaired) electrons. The summed E-state index contributed by atoms with van der Waals surface area (Å²) in [6.07, 6.45) is 7.77. The number of nitrogens with zero attached hydrogens (tertiary/aromatic N) is 3. The van der Waals surface area contributed by atoms with E-state index in [2.05, 4.69) is 10.3 Å². The Bertz CT molecular complexity index is 1150. The molecule has 0 aliphatic rings. The van der Waals surface area contributed by atoms with Crippen LogP contribution in [0.1, 0.15) is 16.9 Å². The molecule has 7 heteroatoms. The summed E-state index contributed by atoms with van der Waals surface area (Å²) in [7, 11) is 0. The van der Waals surface area contributed by atoms with E-state index in [4.69, 9.17) is 11.6 Å². The second-order valence-corrected chi connectivity index (χ2v) is 7.08. The Kier molecular flexibility index (Phi) is 5.44. The number of aryl methyl sites for hydroxylation is 1. The highest BCUT2D eigenvalue weighted by atomic mass is 35.5. The van der Waals surface area contributed by atoms with E-state index in [1.807, 2.05) is 47.2 Å². The molecule has 3 heterocycles. The van der Waals surface area contributed by atoms with Crippen molar-refractivity contribution in [1.82, 2.24) is 19.3 Å². The van der Waals surface area contributed by atoms with E-state index in [1.165, 1.54) is 0 Å². The van der Waals surface area contributed by atoms with Gasteiger partial charge in [0.25, 0.3) is 11.7 Å². The Balaban J connectivity index is 1.56. The smallest absolute Gasteiger partial charge is 0.294 e. The minimum absolute atomic E-state index is 0.343. The van der Waals surface area contributed by atoms with Crippen LogP contribution in [0.2, 0.25) is 5.02 Å². The standard InChI is InChI=1S/C22H19ClN4O2/c23-17-7-5-16(6-8-17)19-14-18-4-1-2-12-27(18)20(19)21(28)22(29)25-9-3-11-26-13-10-24-15-26/h1-2,4-8,10,12-15H,3,9,11H2,(H,25,29). The lowest BCUT2D eigenvalue weighted by molar-refractivity contribution is -0.117. The third-order valence-electron chi connectivity index (χ3n) is 4.69. The van der Waals surface area contributed by atoms with Gasteiger partial charge in [-0.2, -0.15) is 0 Å². The van der Waals surface area contributed by atoms with Crippen LogP contribution >= 0.6 is 11.6 Å². The third kappa shape index (κ3) is 4.07. The van der Waals surface area contributed by atoms with Crippen LogP contribution in [-0.4, -0.2) is 32.2 Å². The number of ketones is 1. The molecule has 0 aliphatic carbocycles. The summed E-state index contributed by atoms with van der Waals surface area (Å²) in [5.74, 6) is -1.18. The molecule has 0 unspecified atom stereocenters. The van der Waals surface area contributed by atoms with Crippen molar-refractivity contribution in [3.8, 4) is 11.1 Å². The van der Waals surface area contributed by atoms with Gasteiger partial charge in [0.05, 0.1) is 6.33 Å². The molecule has 0 saturated heterocycles. The quantitative estimate of drug-likeness (QED) is 0.288. The van der Waals surface area contributed by atoms with E-state index < -0.39 is 11.7 Å². The topological polar surface area (TPSA) is 68.4 Å². The molecule has 4 aromatic rings. The molecule has 3 aromatic heterocycles. The first-order chi connectivity index (χ1) is 14.1. The van der Waals surface area contributed by atoms with Gasteiger partial charge in [0.1, 0.15) is 5.69 Å². The number of aromatic nitrogens is 3. The molecule has 0 spiro atoms. The van der Waals surface area contributed by atoms with Gasteiger partial charge in [-0.05, 0) is 42.3 Å². The third-order valence-corrected chi connectivity index (χ3v) is 4.95. The van der Waals surface area contributed by atoms with Gasteiger partial charge < -0.3 is 14.3 Å². The maximum absolute atomic E-state index is 13.0. The predicted molar refractivity (Wildman–Crippen MR) is 112 cm³/mol. The molecule has 0 saturated carbocycles. The van der Waals surface area contributed by atoms with Crippen molar-refractivity contribution in [2.45, 2.75) is 13.0 Å². The number of carbonyl (C=O) groups excluding carboxylic acids is 2. The number of benzene rings is 1. The van der Waals surface area contributed by atoms with E-state index in [0.29, 0.717) is 29.2 Å². The largest absolute Gasteiger partial charge is 0.349 e. The Morgan fingerprint density at radius 1 is 1.07 bits per heavy atom. The van der Waals surface area contributed by atoms with Gasteiger partial charge in [0.2, 0.25) is 0 Å². The molecule has 4 rings (SSSR count). The van der Waals surface area contributed by atoms with E-state index in [-0.39, 0.29) is 0 Å². The Morgan fingerprint density at radius 3 is 2.66 bits per heavy atom. The van der Waals surface area contributed by atoms with Crippen molar-refractivity contribution in [2.24, 2.45) is 0 Å². The molecule has 0 atom stereocenters. The first kappa shape index (κ1) is 19.0. The molecule has 6 nitrogen and oxygen atoms in total. The fraction of sp³-hybridized carbons (Fsp3) is 0.136. The van der Waals surface area contributed by atoms with Crippen molar-refractivity contribution in [3.05, 3.63) is 84.2 Å². The SMILES string of the molecule is O=C(NCCCn1ccnc1)C(=O)c1c(-c2ccc(Cl)cc2)cc2ccccn12. The number of pyridine rings is 1. The van der Waals surface area contributed by atoms with Crippen molar-refractivity contribution in [3.63, 3.8) is 0 Å². The monoisotopic (exact) mass is 406 g/mol. The lowest BCUT2D eigenvalue weighted by Gasteiger charge is -2.08. The van der Waals surface area contributed by atoms with Crippen molar-refractivity contribution in [2.75, 3.05) is 6.54 Å². The van der Waals surface area contributed by atoms with Crippen LogP contribution in [0.25, 0.3) is 16.6 Å². The number of fused-ring (bicyclic) bond motifs is 1. The normalized spacial score (nSPS) is 10.9. The first-order valence-electron chi connectivity index (χ1n) is 9.28. The predicted octanol–water partition coefficient (Wildman–Crippen LogP) is 3.85. The highest BCUT2D eigenvalue weighted by Crippen LogP contribution is 2.29. The maximum atomic E-state index is 13.0. The molecule has 0 aliphatic heterocycles. The molecule has 0 fully saturated rings. The molecule has 1 aromatic carbocycles. The average molecular weight is 407 g/mol. The van der Waals surface area contributed by atoms with Gasteiger partial charge in [-0.3, -0.25) is 9.59 Å². The van der Waals surface area contributed by atoms with E-state index in [1.54, 1.807) is 35.3 Å². The zero-order valence-corrected chi connectivity index (χ0v) is 16.3. The number of hydrogen-bond donors (Lipinski definition) is 1. The van der Waals surface area contributed by atoms with Crippen LogP contribution in [0.5, 0.6) is 0 Å². The lowest BCUT2D eigenvalue weighted by atomic mass is 10.0. The Labute approximate surface area is 172 Å². The number of amides is 1. The first-order valence-corrected chi connectivity index (χ1v) is 9.65. The van der Waals surface area contributed by atoms with Crippen LogP contribution in [0, 0.1) is 0 Å². The highest BCUT2D eigenvalue weighted by molar-refractivity contribution is 6.43. The van der Waals surface area contributed by atoms with Gasteiger partial charge >= 0.3 is 0 Å². The summed E-state index contributed by atoms with van der Waals surface area (Å²) in [5, 5.41) is 3.34. The van der Waals surface area contributed by atoms with Crippen LogP contribution in [-0.2, 0) is 11.3 Å². The molecule has 1 amide bonds. The van der Waals surface area contributed by atoms with Crippen molar-refractivity contribution >= 4 is 28.8 Å². The molecule has 29 heavy (non-hydrogen) atoms. The fourth-order valence-electron chi connectivity index (χ4n) is 3.28. The van der Waals surface area contributed by atoms with Gasteiger partial charge in [0.15, 0.2) is 0 Å². The van der Waals surface area contributed by atoms with Gasteiger partial charge in [-0.25, -0.2) is 4.98 Å². The summed E-state index contributed by atoms with van der Waals surface area (Å²) < 4.78 is 3.67. The van der Waals surface area contributed by atoms with Crippen molar-refractivity contribution in [1.29, 1.82) is 0 Å². The van der Waals surface area contributed by atoms with Crippen LogP contribution in [0.4, 0.5) is 0 Å². The number of rotatable bonds is 7. The summed E-state index contributed by atoms with van der Waals surface area (Å²) >= 11 is 6.00. The summed E-state index contributed by atoms with van der Waals surface area (Å²) in [4.78, 5) is 29.6. The number of carbonyl (C=O) groups is 2.